The topological polar surface area (TPSA) is 58.3 Å². The lowest BCUT2D eigenvalue weighted by molar-refractivity contribution is 0.282. The summed E-state index contributed by atoms with van der Waals surface area (Å²) in [6, 6.07) is 6.03. The molecule has 3 heteroatoms. The fourth-order valence-electron chi connectivity index (χ4n) is 1.70. The molecule has 1 aliphatic rings. The number of aliphatic hydroxyl groups is 1. The number of rotatable bonds is 1. The van der Waals surface area contributed by atoms with Gasteiger partial charge in [0.2, 0.25) is 0 Å². The van der Waals surface area contributed by atoms with Crippen LogP contribution in [0.1, 0.15) is 23.6 Å². The summed E-state index contributed by atoms with van der Waals surface area (Å²) in [5.74, 6) is 0. The van der Waals surface area contributed by atoms with Crippen LogP contribution in [0.15, 0.2) is 18.2 Å². The highest BCUT2D eigenvalue weighted by Crippen LogP contribution is 2.28. The molecule has 0 unspecified atom stereocenters. The molecule has 0 fully saturated rings. The van der Waals surface area contributed by atoms with E-state index in [1.165, 1.54) is 0 Å². The van der Waals surface area contributed by atoms with Crippen LogP contribution in [0.2, 0.25) is 0 Å². The van der Waals surface area contributed by atoms with Gasteiger partial charge in [0.25, 0.3) is 0 Å². The Balaban J connectivity index is 2.39. The predicted octanol–water partition coefficient (Wildman–Crippen LogP) is 0.994. The Hall–Kier alpha value is -1.06. The molecule has 1 heterocycles. The Morgan fingerprint density at radius 2 is 2.38 bits per heavy atom. The Labute approximate surface area is 77.6 Å². The van der Waals surface area contributed by atoms with Gasteiger partial charge in [0.1, 0.15) is 0 Å². The van der Waals surface area contributed by atoms with E-state index in [0.29, 0.717) is 0 Å². The van der Waals surface area contributed by atoms with Gasteiger partial charge in [0.15, 0.2) is 0 Å². The first kappa shape index (κ1) is 8.53. The van der Waals surface area contributed by atoms with Crippen LogP contribution in [0.5, 0.6) is 0 Å². The minimum atomic E-state index is 0.0875. The summed E-state index contributed by atoms with van der Waals surface area (Å²) in [6.45, 7) is 1.01. The number of fused-ring (bicyclic) bond motifs is 1. The molecule has 0 aliphatic carbocycles. The molecule has 0 spiro atoms. The Morgan fingerprint density at radius 3 is 3.15 bits per heavy atom. The lowest BCUT2D eigenvalue weighted by Crippen LogP contribution is -2.22. The van der Waals surface area contributed by atoms with Gasteiger partial charge in [0, 0.05) is 18.3 Å². The highest BCUT2D eigenvalue weighted by molar-refractivity contribution is 5.56. The highest BCUT2D eigenvalue weighted by Gasteiger charge is 2.15. The molecule has 1 atom stereocenters. The fourth-order valence-corrected chi connectivity index (χ4v) is 1.70. The van der Waals surface area contributed by atoms with Crippen molar-refractivity contribution in [2.24, 2.45) is 5.73 Å². The molecule has 13 heavy (non-hydrogen) atoms. The van der Waals surface area contributed by atoms with E-state index in [9.17, 15) is 0 Å². The summed E-state index contributed by atoms with van der Waals surface area (Å²) in [5.41, 5.74) is 9.10. The summed E-state index contributed by atoms with van der Waals surface area (Å²) in [7, 11) is 0. The number of hydrogen-bond acceptors (Lipinski definition) is 3. The van der Waals surface area contributed by atoms with Crippen molar-refractivity contribution in [3.63, 3.8) is 0 Å². The third-order valence-corrected chi connectivity index (χ3v) is 2.47. The molecule has 0 saturated carbocycles. The molecule has 2 rings (SSSR count). The van der Waals surface area contributed by atoms with Crippen LogP contribution in [-0.4, -0.2) is 11.7 Å². The highest BCUT2D eigenvalue weighted by atomic mass is 16.3. The van der Waals surface area contributed by atoms with E-state index < -0.39 is 0 Å². The first-order valence-corrected chi connectivity index (χ1v) is 4.54. The summed E-state index contributed by atoms with van der Waals surface area (Å²) in [4.78, 5) is 0. The standard InChI is InChI=1S/C10H14N2O/c11-9-3-4-12-10-5-7(6-13)1-2-8(9)10/h1-2,5,9,12-13H,3-4,6,11H2/t9-/m0/s1. The molecular formula is C10H14N2O. The maximum atomic E-state index is 8.95. The van der Waals surface area contributed by atoms with Crippen molar-refractivity contribution in [3.05, 3.63) is 29.3 Å². The van der Waals surface area contributed by atoms with E-state index in [4.69, 9.17) is 10.8 Å². The average Bonchev–Trinajstić information content (AvgIpc) is 2.18. The SMILES string of the molecule is N[C@H]1CCNc2cc(CO)ccc21. The molecule has 0 radical (unpaired) electrons. The monoisotopic (exact) mass is 178 g/mol. The van der Waals surface area contributed by atoms with Crippen molar-refractivity contribution in [1.29, 1.82) is 0 Å². The van der Waals surface area contributed by atoms with Gasteiger partial charge >= 0.3 is 0 Å². The molecule has 1 aromatic carbocycles. The predicted molar refractivity (Wildman–Crippen MR) is 52.4 cm³/mol. The van der Waals surface area contributed by atoms with Gasteiger partial charge in [0.05, 0.1) is 6.61 Å². The summed E-state index contributed by atoms with van der Waals surface area (Å²) >= 11 is 0. The van der Waals surface area contributed by atoms with Crippen molar-refractivity contribution in [2.75, 3.05) is 11.9 Å². The molecule has 1 aliphatic heterocycles. The minimum Gasteiger partial charge on any atom is -0.392 e. The number of hydrogen-bond donors (Lipinski definition) is 3. The van der Waals surface area contributed by atoms with Crippen LogP contribution >= 0.6 is 0 Å². The van der Waals surface area contributed by atoms with Crippen LogP contribution in [-0.2, 0) is 6.61 Å². The van der Waals surface area contributed by atoms with Gasteiger partial charge in [-0.25, -0.2) is 0 Å². The van der Waals surface area contributed by atoms with Gasteiger partial charge in [-0.2, -0.15) is 0 Å². The third-order valence-electron chi connectivity index (χ3n) is 2.47. The summed E-state index contributed by atoms with van der Waals surface area (Å²) < 4.78 is 0. The normalized spacial score (nSPS) is 20.6. The number of nitrogens with one attached hydrogen (secondary N) is 1. The van der Waals surface area contributed by atoms with E-state index in [0.717, 1.165) is 29.8 Å². The number of anilines is 1. The second kappa shape index (κ2) is 3.36. The maximum Gasteiger partial charge on any atom is 0.0682 e. The lowest BCUT2D eigenvalue weighted by atomic mass is 9.97. The Kier molecular flexibility index (Phi) is 2.20. The summed E-state index contributed by atoms with van der Waals surface area (Å²) in [5, 5.41) is 12.2. The molecule has 0 amide bonds. The van der Waals surface area contributed by atoms with E-state index in [1.54, 1.807) is 0 Å². The molecule has 1 aromatic rings. The van der Waals surface area contributed by atoms with Gasteiger partial charge in [-0.3, -0.25) is 0 Å². The number of benzene rings is 1. The van der Waals surface area contributed by atoms with Crippen molar-refractivity contribution in [1.82, 2.24) is 0 Å². The second-order valence-corrected chi connectivity index (χ2v) is 3.40. The van der Waals surface area contributed by atoms with Crippen LogP contribution in [0, 0.1) is 0 Å². The summed E-state index contributed by atoms with van der Waals surface area (Å²) in [6.07, 6.45) is 0.978. The van der Waals surface area contributed by atoms with Crippen molar-refractivity contribution >= 4 is 5.69 Å². The average molecular weight is 178 g/mol. The fraction of sp³-hybridized carbons (Fsp3) is 0.400. The lowest BCUT2D eigenvalue weighted by Gasteiger charge is -2.24. The smallest absolute Gasteiger partial charge is 0.0682 e. The van der Waals surface area contributed by atoms with Crippen molar-refractivity contribution in [3.8, 4) is 0 Å². The number of aliphatic hydroxyl groups excluding tert-OH is 1. The quantitative estimate of drug-likeness (QED) is 0.601. The first-order chi connectivity index (χ1) is 6.31. The zero-order chi connectivity index (χ0) is 9.26. The van der Waals surface area contributed by atoms with Crippen LogP contribution in [0.4, 0.5) is 5.69 Å². The van der Waals surface area contributed by atoms with E-state index in [2.05, 4.69) is 5.32 Å². The third kappa shape index (κ3) is 1.53. The van der Waals surface area contributed by atoms with E-state index >= 15 is 0 Å². The van der Waals surface area contributed by atoms with Crippen LogP contribution in [0.3, 0.4) is 0 Å². The Bertz CT molecular complexity index is 312. The molecule has 4 N–H and O–H groups in total. The van der Waals surface area contributed by atoms with Crippen molar-refractivity contribution in [2.45, 2.75) is 19.1 Å². The first-order valence-electron chi connectivity index (χ1n) is 4.54. The van der Waals surface area contributed by atoms with Gasteiger partial charge < -0.3 is 16.2 Å². The molecule has 0 saturated heterocycles. The van der Waals surface area contributed by atoms with Gasteiger partial charge in [-0.15, -0.1) is 0 Å². The molecule has 3 nitrogen and oxygen atoms in total. The Morgan fingerprint density at radius 1 is 1.54 bits per heavy atom. The molecular weight excluding hydrogens is 164 g/mol. The zero-order valence-electron chi connectivity index (χ0n) is 7.46. The maximum absolute atomic E-state index is 8.95. The van der Waals surface area contributed by atoms with Gasteiger partial charge in [-0.05, 0) is 23.6 Å². The number of nitrogens with two attached hydrogens (primary N) is 1. The van der Waals surface area contributed by atoms with Crippen LogP contribution < -0.4 is 11.1 Å². The van der Waals surface area contributed by atoms with E-state index in [1.807, 2.05) is 18.2 Å². The molecule has 70 valence electrons. The van der Waals surface area contributed by atoms with Crippen LogP contribution in [0.25, 0.3) is 0 Å². The molecule has 0 bridgehead atoms. The molecule has 0 aromatic heterocycles. The largest absolute Gasteiger partial charge is 0.392 e. The van der Waals surface area contributed by atoms with Gasteiger partial charge in [-0.1, -0.05) is 12.1 Å². The minimum absolute atomic E-state index is 0.0875. The zero-order valence-corrected chi connectivity index (χ0v) is 7.46. The van der Waals surface area contributed by atoms with E-state index in [-0.39, 0.29) is 12.6 Å². The second-order valence-electron chi connectivity index (χ2n) is 3.40. The van der Waals surface area contributed by atoms with Crippen molar-refractivity contribution < 1.29 is 5.11 Å².